The van der Waals surface area contributed by atoms with E-state index >= 15 is 0 Å². The third kappa shape index (κ3) is 2.51. The normalized spacial score (nSPS) is 13.9. The first-order chi connectivity index (χ1) is 10.1. The number of benzene rings is 1. The van der Waals surface area contributed by atoms with Crippen molar-refractivity contribution in [2.75, 3.05) is 17.8 Å². The summed E-state index contributed by atoms with van der Waals surface area (Å²) >= 11 is 11.8. The van der Waals surface area contributed by atoms with Gasteiger partial charge in [-0.05, 0) is 24.6 Å². The molecule has 2 heterocycles. The first-order valence-corrected chi connectivity index (χ1v) is 7.57. The number of rotatable bonds is 3. The molecule has 1 aliphatic rings. The number of likely N-dealkylation sites (N-methyl/N-ethyl adjacent to an activating group) is 1. The van der Waals surface area contributed by atoms with E-state index in [0.29, 0.717) is 23.1 Å². The van der Waals surface area contributed by atoms with Gasteiger partial charge in [0, 0.05) is 29.9 Å². The Morgan fingerprint density at radius 3 is 2.90 bits per heavy atom. The number of carbonyl (C=O) groups excluding carboxylic acids is 1. The fourth-order valence-corrected chi connectivity index (χ4v) is 2.77. The molecule has 1 aromatic heterocycles. The lowest BCUT2D eigenvalue weighted by molar-refractivity contribution is -0.118. The second-order valence-electron chi connectivity index (χ2n) is 4.93. The monoisotopic (exact) mass is 324 g/mol. The lowest BCUT2D eigenvalue weighted by Gasteiger charge is -2.16. The number of fused-ring (bicyclic) bond motifs is 3. The molecule has 0 bridgehead atoms. The van der Waals surface area contributed by atoms with Crippen LogP contribution in [0.1, 0.15) is 12.2 Å². The average molecular weight is 325 g/mol. The van der Waals surface area contributed by atoms with Gasteiger partial charge in [0.05, 0.1) is 5.69 Å². The van der Waals surface area contributed by atoms with Gasteiger partial charge < -0.3 is 9.47 Å². The first kappa shape index (κ1) is 14.4. The van der Waals surface area contributed by atoms with Gasteiger partial charge in [-0.1, -0.05) is 11.6 Å². The molecule has 2 aromatic rings. The summed E-state index contributed by atoms with van der Waals surface area (Å²) in [4.78, 5) is 14.0. The number of hydrogen-bond acceptors (Lipinski definition) is 3. The molecule has 1 amide bonds. The fourth-order valence-electron chi connectivity index (χ4n) is 2.47. The molecule has 0 N–H and O–H groups in total. The van der Waals surface area contributed by atoms with Crippen molar-refractivity contribution in [1.82, 2.24) is 14.8 Å². The number of carbonyl (C=O) groups is 1. The van der Waals surface area contributed by atoms with Gasteiger partial charge in [-0.15, -0.1) is 21.8 Å². The maximum atomic E-state index is 12.3. The molecular formula is C14H14Cl2N4O. The SMILES string of the molecule is CN1C(=O)Cn2c(CCCCl)nnc2-c2cc(Cl)ccc21. The minimum atomic E-state index is -0.00996. The molecule has 0 saturated carbocycles. The zero-order valence-corrected chi connectivity index (χ0v) is 13.0. The Morgan fingerprint density at radius 1 is 1.33 bits per heavy atom. The lowest BCUT2D eigenvalue weighted by Crippen LogP contribution is -2.29. The molecule has 0 radical (unpaired) electrons. The van der Waals surface area contributed by atoms with Gasteiger partial charge >= 0.3 is 0 Å². The summed E-state index contributed by atoms with van der Waals surface area (Å²) in [6.45, 7) is 0.225. The summed E-state index contributed by atoms with van der Waals surface area (Å²) in [5.74, 6) is 2.00. The van der Waals surface area contributed by atoms with Crippen molar-refractivity contribution in [3.63, 3.8) is 0 Å². The van der Waals surface area contributed by atoms with Crippen molar-refractivity contribution in [3.8, 4) is 11.4 Å². The van der Waals surface area contributed by atoms with Crippen molar-refractivity contribution in [2.45, 2.75) is 19.4 Å². The Labute approximate surface area is 132 Å². The molecule has 0 unspecified atom stereocenters. The first-order valence-electron chi connectivity index (χ1n) is 6.66. The molecule has 0 aliphatic carbocycles. The Kier molecular flexibility index (Phi) is 3.87. The number of anilines is 1. The maximum Gasteiger partial charge on any atom is 0.246 e. The van der Waals surface area contributed by atoms with Gasteiger partial charge in [0.15, 0.2) is 5.82 Å². The topological polar surface area (TPSA) is 51.0 Å². The van der Waals surface area contributed by atoms with Gasteiger partial charge in [0.25, 0.3) is 0 Å². The molecule has 5 nitrogen and oxygen atoms in total. The molecule has 1 aliphatic heterocycles. The van der Waals surface area contributed by atoms with E-state index in [-0.39, 0.29) is 12.5 Å². The number of aromatic nitrogens is 3. The Bertz CT molecular complexity index is 698. The fraction of sp³-hybridized carbons (Fsp3) is 0.357. The van der Waals surface area contributed by atoms with Crippen LogP contribution in [0.2, 0.25) is 5.02 Å². The molecule has 110 valence electrons. The number of halogens is 2. The van der Waals surface area contributed by atoms with Crippen LogP contribution in [0.3, 0.4) is 0 Å². The predicted octanol–water partition coefficient (Wildman–Crippen LogP) is 2.75. The van der Waals surface area contributed by atoms with Crippen molar-refractivity contribution in [3.05, 3.63) is 29.0 Å². The van der Waals surface area contributed by atoms with Gasteiger partial charge in [-0.3, -0.25) is 4.79 Å². The number of hydrogen-bond donors (Lipinski definition) is 0. The standard InChI is InChI=1S/C14H14Cl2N4O/c1-19-11-5-4-9(16)7-10(11)14-18-17-12(3-2-6-15)20(14)8-13(19)21/h4-5,7H,2-3,6,8H2,1H3. The predicted molar refractivity (Wildman–Crippen MR) is 82.9 cm³/mol. The molecule has 0 spiro atoms. The van der Waals surface area contributed by atoms with Gasteiger partial charge in [-0.2, -0.15) is 0 Å². The maximum absolute atomic E-state index is 12.3. The van der Waals surface area contributed by atoms with Crippen molar-refractivity contribution < 1.29 is 4.79 Å². The molecule has 21 heavy (non-hydrogen) atoms. The highest BCUT2D eigenvalue weighted by Crippen LogP contribution is 2.34. The molecular weight excluding hydrogens is 311 g/mol. The lowest BCUT2D eigenvalue weighted by atomic mass is 10.1. The highest BCUT2D eigenvalue weighted by Gasteiger charge is 2.26. The smallest absolute Gasteiger partial charge is 0.246 e. The van der Waals surface area contributed by atoms with Crippen LogP contribution in [0.5, 0.6) is 0 Å². The molecule has 1 aromatic carbocycles. The van der Waals surface area contributed by atoms with Crippen LogP contribution < -0.4 is 4.90 Å². The zero-order valence-electron chi connectivity index (χ0n) is 11.5. The van der Waals surface area contributed by atoms with E-state index in [0.717, 1.165) is 23.5 Å². The van der Waals surface area contributed by atoms with Crippen LogP contribution >= 0.6 is 23.2 Å². The number of alkyl halides is 1. The highest BCUT2D eigenvalue weighted by atomic mass is 35.5. The van der Waals surface area contributed by atoms with E-state index in [1.165, 1.54) is 0 Å². The van der Waals surface area contributed by atoms with Crippen molar-refractivity contribution >= 4 is 34.8 Å². The number of amides is 1. The average Bonchev–Trinajstić information content (AvgIpc) is 2.82. The van der Waals surface area contributed by atoms with Crippen molar-refractivity contribution in [2.24, 2.45) is 0 Å². The van der Waals surface area contributed by atoms with Gasteiger partial charge in [0.1, 0.15) is 12.4 Å². The number of aryl methyl sites for hydroxylation is 1. The van der Waals surface area contributed by atoms with Crippen molar-refractivity contribution in [1.29, 1.82) is 0 Å². The second-order valence-corrected chi connectivity index (χ2v) is 5.75. The molecule has 0 saturated heterocycles. The van der Waals surface area contributed by atoms with Crippen LogP contribution in [-0.4, -0.2) is 33.6 Å². The Hall–Kier alpha value is -1.59. The molecule has 7 heteroatoms. The van der Waals surface area contributed by atoms with Crippen LogP contribution in [0.4, 0.5) is 5.69 Å². The minimum absolute atomic E-state index is 0.00996. The third-order valence-electron chi connectivity index (χ3n) is 3.59. The minimum Gasteiger partial charge on any atom is -0.313 e. The summed E-state index contributed by atoms with van der Waals surface area (Å²) in [7, 11) is 1.76. The Balaban J connectivity index is 2.16. The third-order valence-corrected chi connectivity index (χ3v) is 4.09. The summed E-state index contributed by atoms with van der Waals surface area (Å²) < 4.78 is 1.85. The number of nitrogens with zero attached hydrogens (tertiary/aromatic N) is 4. The van der Waals surface area contributed by atoms with E-state index in [4.69, 9.17) is 23.2 Å². The molecule has 3 rings (SSSR count). The molecule has 0 fully saturated rings. The van der Waals surface area contributed by atoms with Gasteiger partial charge in [-0.25, -0.2) is 0 Å². The van der Waals surface area contributed by atoms with E-state index in [9.17, 15) is 4.79 Å². The second kappa shape index (κ2) is 5.66. The summed E-state index contributed by atoms with van der Waals surface area (Å²) in [5, 5.41) is 9.06. The van der Waals surface area contributed by atoms with E-state index in [1.807, 2.05) is 16.7 Å². The van der Waals surface area contributed by atoms with Crippen LogP contribution in [0.25, 0.3) is 11.4 Å². The van der Waals surface area contributed by atoms with E-state index in [1.54, 1.807) is 18.0 Å². The van der Waals surface area contributed by atoms with Gasteiger partial charge in [0.2, 0.25) is 5.91 Å². The summed E-state index contributed by atoms with van der Waals surface area (Å²) in [5.41, 5.74) is 1.61. The van der Waals surface area contributed by atoms with E-state index in [2.05, 4.69) is 10.2 Å². The molecule has 0 atom stereocenters. The highest BCUT2D eigenvalue weighted by molar-refractivity contribution is 6.31. The summed E-state index contributed by atoms with van der Waals surface area (Å²) in [6.07, 6.45) is 1.50. The summed E-state index contributed by atoms with van der Waals surface area (Å²) in [6, 6.07) is 5.42. The quantitative estimate of drug-likeness (QED) is 0.816. The Morgan fingerprint density at radius 2 is 2.14 bits per heavy atom. The van der Waals surface area contributed by atoms with Crippen LogP contribution in [0, 0.1) is 0 Å². The largest absolute Gasteiger partial charge is 0.313 e. The van der Waals surface area contributed by atoms with Crippen LogP contribution in [-0.2, 0) is 17.8 Å². The van der Waals surface area contributed by atoms with Crippen LogP contribution in [0.15, 0.2) is 18.2 Å². The zero-order chi connectivity index (χ0) is 15.0. The van der Waals surface area contributed by atoms with E-state index < -0.39 is 0 Å².